The van der Waals surface area contributed by atoms with Crippen LogP contribution in [0.15, 0.2) is 12.4 Å². The number of urea groups is 1. The number of rotatable bonds is 4. The molecule has 118 valence electrons. The Morgan fingerprint density at radius 2 is 2.10 bits per heavy atom. The van der Waals surface area contributed by atoms with Gasteiger partial charge in [0, 0.05) is 38.4 Å². The zero-order valence-corrected chi connectivity index (χ0v) is 12.4. The maximum atomic E-state index is 12.7. The summed E-state index contributed by atoms with van der Waals surface area (Å²) in [7, 11) is 0. The van der Waals surface area contributed by atoms with E-state index in [1.54, 1.807) is 4.90 Å². The topological polar surface area (TPSA) is 50.2 Å². The minimum atomic E-state index is -2.60. The van der Waals surface area contributed by atoms with Crippen LogP contribution in [0.2, 0.25) is 0 Å². The highest BCUT2D eigenvalue weighted by molar-refractivity contribution is 5.74. The summed E-state index contributed by atoms with van der Waals surface area (Å²) < 4.78 is 26.1. The molecule has 2 heterocycles. The summed E-state index contributed by atoms with van der Waals surface area (Å²) in [6.45, 7) is 3.48. The number of hydrogen-bond acceptors (Lipinski definition) is 2. The molecule has 0 saturated carbocycles. The number of alkyl halides is 2. The molecule has 1 aromatic heterocycles. The van der Waals surface area contributed by atoms with E-state index in [0.717, 1.165) is 24.1 Å². The van der Waals surface area contributed by atoms with Crippen molar-refractivity contribution in [3.05, 3.63) is 18.2 Å². The van der Waals surface area contributed by atoms with E-state index in [1.165, 1.54) is 12.4 Å². The van der Waals surface area contributed by atoms with Gasteiger partial charge in [0.1, 0.15) is 5.82 Å². The van der Waals surface area contributed by atoms with Crippen molar-refractivity contribution >= 4 is 6.03 Å². The van der Waals surface area contributed by atoms with Crippen LogP contribution < -0.4 is 5.32 Å². The van der Waals surface area contributed by atoms with Gasteiger partial charge in [-0.25, -0.2) is 9.78 Å². The van der Waals surface area contributed by atoms with Crippen molar-refractivity contribution in [1.29, 1.82) is 0 Å². The van der Waals surface area contributed by atoms with Crippen LogP contribution in [0.4, 0.5) is 13.6 Å². The smallest absolute Gasteiger partial charge is 0.319 e. The Kier molecular flexibility index (Phi) is 5.14. The summed E-state index contributed by atoms with van der Waals surface area (Å²) in [5.74, 6) is 1.28. The predicted molar refractivity (Wildman–Crippen MR) is 75.1 cm³/mol. The van der Waals surface area contributed by atoms with E-state index in [-0.39, 0.29) is 11.9 Å². The molecule has 2 atom stereocenters. The van der Waals surface area contributed by atoms with E-state index in [4.69, 9.17) is 0 Å². The van der Waals surface area contributed by atoms with Crippen molar-refractivity contribution in [3.63, 3.8) is 0 Å². The number of carbonyl (C=O) groups is 1. The number of amides is 2. The summed E-state index contributed by atoms with van der Waals surface area (Å²) in [5.41, 5.74) is 0. The Bertz CT molecular complexity index is 467. The van der Waals surface area contributed by atoms with Gasteiger partial charge >= 0.3 is 12.6 Å². The molecule has 2 rings (SSSR count). The molecule has 0 unspecified atom stereocenters. The number of piperidine rings is 1. The van der Waals surface area contributed by atoms with E-state index in [9.17, 15) is 13.6 Å². The van der Waals surface area contributed by atoms with Crippen LogP contribution in [0.5, 0.6) is 0 Å². The molecule has 0 bridgehead atoms. The van der Waals surface area contributed by atoms with Crippen LogP contribution in [-0.2, 0) is 6.42 Å². The second-order valence-corrected chi connectivity index (χ2v) is 5.86. The van der Waals surface area contributed by atoms with Gasteiger partial charge in [0.2, 0.25) is 0 Å². The molecular weight excluding hydrogens is 278 g/mol. The van der Waals surface area contributed by atoms with Gasteiger partial charge in [0.15, 0.2) is 0 Å². The van der Waals surface area contributed by atoms with Crippen LogP contribution in [0.3, 0.4) is 0 Å². The second-order valence-electron chi connectivity index (χ2n) is 5.86. The highest BCUT2D eigenvalue weighted by Crippen LogP contribution is 2.20. The Hall–Kier alpha value is -1.66. The number of hydrogen-bond donors (Lipinski definition) is 1. The Morgan fingerprint density at radius 3 is 2.71 bits per heavy atom. The first-order valence-corrected chi connectivity index (χ1v) is 7.30. The monoisotopic (exact) mass is 300 g/mol. The van der Waals surface area contributed by atoms with Gasteiger partial charge in [-0.2, -0.15) is 8.78 Å². The molecule has 7 heteroatoms. The van der Waals surface area contributed by atoms with Gasteiger partial charge in [0.05, 0.1) is 0 Å². The molecule has 1 aliphatic rings. The minimum Gasteiger partial charge on any atom is -0.338 e. The molecule has 1 saturated heterocycles. The third-order valence-electron chi connectivity index (χ3n) is 3.74. The molecular formula is C14H22F2N4O. The molecule has 1 aromatic rings. The van der Waals surface area contributed by atoms with Crippen LogP contribution in [-0.4, -0.2) is 40.1 Å². The first kappa shape index (κ1) is 15.7. The molecule has 1 fully saturated rings. The standard InChI is InChI=1S/C14H22F2N4O/c1-10-7-11(2)9-19(8-10)14(21)18-4-3-12-17-5-6-20(12)13(15)16/h5-6,10-11,13H,3-4,7-9H2,1-2H3,(H,18,21)/t10-,11+. The largest absolute Gasteiger partial charge is 0.338 e. The fourth-order valence-corrected chi connectivity index (χ4v) is 2.94. The molecule has 1 N–H and O–H groups in total. The number of nitrogens with one attached hydrogen (secondary N) is 1. The highest BCUT2D eigenvalue weighted by Gasteiger charge is 2.25. The average Bonchev–Trinajstić information content (AvgIpc) is 2.86. The SMILES string of the molecule is C[C@@H]1C[C@H](C)CN(C(=O)NCCc2nccn2C(F)F)C1. The van der Waals surface area contributed by atoms with E-state index < -0.39 is 6.55 Å². The summed E-state index contributed by atoms with van der Waals surface area (Å²) in [6.07, 6.45) is 4.02. The Balaban J connectivity index is 1.80. The third kappa shape index (κ3) is 4.15. The number of likely N-dealkylation sites (tertiary alicyclic amines) is 1. The van der Waals surface area contributed by atoms with Gasteiger partial charge < -0.3 is 10.2 Å². The molecule has 0 radical (unpaired) electrons. The quantitative estimate of drug-likeness (QED) is 0.929. The van der Waals surface area contributed by atoms with E-state index in [0.29, 0.717) is 24.8 Å². The Labute approximate surface area is 123 Å². The normalized spacial score (nSPS) is 22.6. The average molecular weight is 300 g/mol. The molecule has 1 aliphatic heterocycles. The zero-order chi connectivity index (χ0) is 15.4. The molecule has 0 spiro atoms. The zero-order valence-electron chi connectivity index (χ0n) is 12.4. The van der Waals surface area contributed by atoms with Crippen LogP contribution in [0.1, 0.15) is 32.6 Å². The Morgan fingerprint density at radius 1 is 1.43 bits per heavy atom. The molecule has 21 heavy (non-hydrogen) atoms. The van der Waals surface area contributed by atoms with Crippen molar-refractivity contribution in [3.8, 4) is 0 Å². The maximum Gasteiger partial charge on any atom is 0.319 e. The fraction of sp³-hybridized carbons (Fsp3) is 0.714. The van der Waals surface area contributed by atoms with Crippen molar-refractivity contribution in [2.75, 3.05) is 19.6 Å². The number of carbonyl (C=O) groups excluding carboxylic acids is 1. The van der Waals surface area contributed by atoms with Crippen molar-refractivity contribution < 1.29 is 13.6 Å². The summed E-state index contributed by atoms with van der Waals surface area (Å²) in [5, 5.41) is 2.79. The maximum absolute atomic E-state index is 12.7. The lowest BCUT2D eigenvalue weighted by atomic mass is 9.92. The van der Waals surface area contributed by atoms with Gasteiger partial charge in [-0.1, -0.05) is 13.8 Å². The number of aromatic nitrogens is 2. The lowest BCUT2D eigenvalue weighted by molar-refractivity contribution is 0.0670. The first-order chi connectivity index (χ1) is 9.97. The van der Waals surface area contributed by atoms with Crippen LogP contribution in [0.25, 0.3) is 0 Å². The lowest BCUT2D eigenvalue weighted by Crippen LogP contribution is -2.47. The van der Waals surface area contributed by atoms with Gasteiger partial charge in [-0.05, 0) is 18.3 Å². The van der Waals surface area contributed by atoms with Crippen molar-refractivity contribution in [2.45, 2.75) is 33.2 Å². The summed E-state index contributed by atoms with van der Waals surface area (Å²) in [4.78, 5) is 17.8. The van der Waals surface area contributed by atoms with E-state index >= 15 is 0 Å². The van der Waals surface area contributed by atoms with Crippen molar-refractivity contribution in [1.82, 2.24) is 19.8 Å². The highest BCUT2D eigenvalue weighted by atomic mass is 19.3. The predicted octanol–water partition coefficient (Wildman–Crippen LogP) is 2.51. The lowest BCUT2D eigenvalue weighted by Gasteiger charge is -2.34. The van der Waals surface area contributed by atoms with Crippen LogP contribution >= 0.6 is 0 Å². The number of nitrogens with zero attached hydrogens (tertiary/aromatic N) is 3. The minimum absolute atomic E-state index is 0.122. The van der Waals surface area contributed by atoms with E-state index in [2.05, 4.69) is 24.1 Å². The molecule has 2 amide bonds. The van der Waals surface area contributed by atoms with E-state index in [1.807, 2.05) is 0 Å². The molecule has 0 aromatic carbocycles. The van der Waals surface area contributed by atoms with Gasteiger partial charge in [0.25, 0.3) is 0 Å². The third-order valence-corrected chi connectivity index (χ3v) is 3.74. The summed E-state index contributed by atoms with van der Waals surface area (Å²) in [6, 6.07) is -0.122. The van der Waals surface area contributed by atoms with Crippen LogP contribution in [0, 0.1) is 11.8 Å². The van der Waals surface area contributed by atoms with Gasteiger partial charge in [-0.15, -0.1) is 0 Å². The molecule has 5 nitrogen and oxygen atoms in total. The summed E-state index contributed by atoms with van der Waals surface area (Å²) >= 11 is 0. The second kappa shape index (κ2) is 6.87. The number of imidazole rings is 1. The fourth-order valence-electron chi connectivity index (χ4n) is 2.94. The van der Waals surface area contributed by atoms with Crippen molar-refractivity contribution in [2.24, 2.45) is 11.8 Å². The van der Waals surface area contributed by atoms with Gasteiger partial charge in [-0.3, -0.25) is 4.57 Å². The first-order valence-electron chi connectivity index (χ1n) is 7.30. The molecule has 0 aliphatic carbocycles. The number of halogens is 2.